The van der Waals surface area contributed by atoms with Crippen LogP contribution in [0.5, 0.6) is 0 Å². The van der Waals surface area contributed by atoms with Crippen LogP contribution in [0.15, 0.2) is 33.6 Å². The summed E-state index contributed by atoms with van der Waals surface area (Å²) in [7, 11) is 1.89. The molecule has 0 radical (unpaired) electrons. The fraction of sp³-hybridized carbons (Fsp3) is 0.400. The third kappa shape index (κ3) is 4.31. The van der Waals surface area contributed by atoms with Crippen molar-refractivity contribution in [3.8, 4) is 0 Å². The first-order valence-corrected chi connectivity index (χ1v) is 8.55. The molecule has 1 heterocycles. The zero-order valence-electron chi connectivity index (χ0n) is 12.0. The van der Waals surface area contributed by atoms with Gasteiger partial charge in [-0.25, -0.2) is 4.39 Å². The number of thioether (sulfide) groups is 1. The van der Waals surface area contributed by atoms with E-state index in [0.717, 1.165) is 27.2 Å². The molecule has 3 nitrogen and oxygen atoms in total. The van der Waals surface area contributed by atoms with Gasteiger partial charge in [-0.2, -0.15) is 5.10 Å². The normalized spacial score (nSPS) is 12.6. The summed E-state index contributed by atoms with van der Waals surface area (Å²) in [6.07, 6.45) is 0.920. The number of hydrogen-bond acceptors (Lipinski definition) is 3. The predicted octanol–water partition coefficient (Wildman–Crippen LogP) is 3.58. The molecule has 0 aliphatic carbocycles. The lowest BCUT2D eigenvalue weighted by Gasteiger charge is -2.11. The van der Waals surface area contributed by atoms with Crippen LogP contribution in [-0.2, 0) is 19.9 Å². The molecule has 0 fully saturated rings. The molecule has 0 bridgehead atoms. The quantitative estimate of drug-likeness (QED) is 0.787. The van der Waals surface area contributed by atoms with Crippen LogP contribution in [-0.4, -0.2) is 26.7 Å². The van der Waals surface area contributed by atoms with E-state index in [2.05, 4.69) is 28.0 Å². The number of halogens is 2. The molecule has 1 aromatic heterocycles. The minimum atomic E-state index is -0.476. The maximum atomic E-state index is 12.8. The molecule has 0 amide bonds. The Kier molecular flexibility index (Phi) is 5.84. The number of benzene rings is 1. The molecule has 6 heteroatoms. The fourth-order valence-electron chi connectivity index (χ4n) is 2.05. The van der Waals surface area contributed by atoms with Crippen molar-refractivity contribution in [3.63, 3.8) is 0 Å². The van der Waals surface area contributed by atoms with Crippen LogP contribution in [0.2, 0.25) is 0 Å². The highest BCUT2D eigenvalue weighted by Crippen LogP contribution is 2.25. The molecule has 0 aliphatic heterocycles. The van der Waals surface area contributed by atoms with Gasteiger partial charge in [0.1, 0.15) is 5.82 Å². The minimum absolute atomic E-state index is 0.245. The van der Waals surface area contributed by atoms with E-state index in [0.29, 0.717) is 12.2 Å². The molecule has 1 unspecified atom stereocenters. The Balaban J connectivity index is 1.94. The van der Waals surface area contributed by atoms with Crippen molar-refractivity contribution in [1.82, 2.24) is 9.78 Å². The summed E-state index contributed by atoms with van der Waals surface area (Å²) in [5.41, 5.74) is 2.00. The lowest BCUT2D eigenvalue weighted by molar-refractivity contribution is 0.197. The molecule has 1 N–H and O–H groups in total. The first-order chi connectivity index (χ1) is 10.0. The van der Waals surface area contributed by atoms with E-state index in [9.17, 15) is 9.50 Å². The summed E-state index contributed by atoms with van der Waals surface area (Å²) in [5.74, 6) is 0.316. The van der Waals surface area contributed by atoms with Crippen LogP contribution in [0.1, 0.15) is 18.3 Å². The topological polar surface area (TPSA) is 38.0 Å². The van der Waals surface area contributed by atoms with Crippen LogP contribution in [0.4, 0.5) is 4.39 Å². The van der Waals surface area contributed by atoms with Gasteiger partial charge >= 0.3 is 0 Å². The summed E-state index contributed by atoms with van der Waals surface area (Å²) < 4.78 is 15.6. The molecule has 1 aromatic carbocycles. The molecular formula is C15H18BrFN2OS. The maximum Gasteiger partial charge on any atom is 0.123 e. The number of aliphatic hydroxyl groups excluding tert-OH is 1. The Hall–Kier alpha value is -0.850. The Morgan fingerprint density at radius 3 is 2.62 bits per heavy atom. The van der Waals surface area contributed by atoms with Gasteiger partial charge in [0.25, 0.3) is 0 Å². The molecule has 1 atom stereocenters. The van der Waals surface area contributed by atoms with E-state index < -0.39 is 6.10 Å². The summed E-state index contributed by atoms with van der Waals surface area (Å²) in [6, 6.07) is 6.31. The van der Waals surface area contributed by atoms with E-state index in [-0.39, 0.29) is 5.82 Å². The molecule has 2 aromatic rings. The monoisotopic (exact) mass is 372 g/mol. The minimum Gasteiger partial charge on any atom is -0.392 e. The first kappa shape index (κ1) is 16.5. The first-order valence-electron chi connectivity index (χ1n) is 6.78. The second-order valence-corrected chi connectivity index (χ2v) is 6.69. The van der Waals surface area contributed by atoms with E-state index in [1.807, 2.05) is 11.7 Å². The van der Waals surface area contributed by atoms with E-state index in [1.54, 1.807) is 12.1 Å². The summed E-state index contributed by atoms with van der Waals surface area (Å²) in [5, 5.41) is 14.6. The Morgan fingerprint density at radius 2 is 2.05 bits per heavy atom. The van der Waals surface area contributed by atoms with E-state index in [4.69, 9.17) is 0 Å². The number of aryl methyl sites for hydroxylation is 2. The standard InChI is InChI=1S/C15H18BrFN2OS/c1-3-13-15(16)14(19(2)18-13)8-11(20)9-21-12-6-4-10(17)5-7-12/h4-7,11,20H,3,8-9H2,1-2H3. The van der Waals surface area contributed by atoms with Gasteiger partial charge in [-0.05, 0) is 46.6 Å². The van der Waals surface area contributed by atoms with E-state index in [1.165, 1.54) is 23.9 Å². The smallest absolute Gasteiger partial charge is 0.123 e. The van der Waals surface area contributed by atoms with Crippen molar-refractivity contribution in [2.45, 2.75) is 30.8 Å². The van der Waals surface area contributed by atoms with Crippen molar-refractivity contribution in [3.05, 3.63) is 45.9 Å². The van der Waals surface area contributed by atoms with Crippen LogP contribution in [0, 0.1) is 5.82 Å². The molecule has 0 saturated carbocycles. The Morgan fingerprint density at radius 1 is 1.38 bits per heavy atom. The molecule has 0 spiro atoms. The molecule has 21 heavy (non-hydrogen) atoms. The summed E-state index contributed by atoms with van der Waals surface area (Å²) in [4.78, 5) is 0.953. The van der Waals surface area contributed by atoms with Gasteiger partial charge in [-0.15, -0.1) is 11.8 Å². The number of rotatable bonds is 6. The number of hydrogen-bond donors (Lipinski definition) is 1. The van der Waals surface area contributed by atoms with Gasteiger partial charge in [0, 0.05) is 24.1 Å². The third-order valence-electron chi connectivity index (χ3n) is 3.19. The Labute approximate surface area is 136 Å². The van der Waals surface area contributed by atoms with E-state index >= 15 is 0 Å². The molecule has 114 valence electrons. The van der Waals surface area contributed by atoms with Gasteiger partial charge in [0.2, 0.25) is 0 Å². The predicted molar refractivity (Wildman–Crippen MR) is 87.1 cm³/mol. The molecule has 2 rings (SSSR count). The summed E-state index contributed by atoms with van der Waals surface area (Å²) >= 11 is 5.07. The average molecular weight is 373 g/mol. The second kappa shape index (κ2) is 7.42. The fourth-order valence-corrected chi connectivity index (χ4v) is 3.66. The van der Waals surface area contributed by atoms with Gasteiger partial charge in [-0.3, -0.25) is 4.68 Å². The largest absolute Gasteiger partial charge is 0.392 e. The van der Waals surface area contributed by atoms with Crippen molar-refractivity contribution < 1.29 is 9.50 Å². The van der Waals surface area contributed by atoms with Gasteiger partial charge in [0.15, 0.2) is 0 Å². The molecule has 0 aliphatic rings. The SMILES string of the molecule is CCc1nn(C)c(CC(O)CSc2ccc(F)cc2)c1Br. The van der Waals surface area contributed by atoms with Crippen molar-refractivity contribution in [2.24, 2.45) is 7.05 Å². The molecular weight excluding hydrogens is 355 g/mol. The number of aromatic nitrogens is 2. The van der Waals surface area contributed by atoms with Crippen molar-refractivity contribution >= 4 is 27.7 Å². The highest BCUT2D eigenvalue weighted by molar-refractivity contribution is 9.10. The van der Waals surface area contributed by atoms with Crippen LogP contribution in [0.25, 0.3) is 0 Å². The third-order valence-corrected chi connectivity index (χ3v) is 5.26. The van der Waals surface area contributed by atoms with Gasteiger partial charge in [-0.1, -0.05) is 6.92 Å². The second-order valence-electron chi connectivity index (χ2n) is 4.81. The number of aliphatic hydroxyl groups is 1. The summed E-state index contributed by atoms with van der Waals surface area (Å²) in [6.45, 7) is 2.05. The lowest BCUT2D eigenvalue weighted by atomic mass is 10.2. The van der Waals surface area contributed by atoms with Crippen LogP contribution >= 0.6 is 27.7 Å². The van der Waals surface area contributed by atoms with Gasteiger partial charge < -0.3 is 5.11 Å². The van der Waals surface area contributed by atoms with Crippen LogP contribution in [0.3, 0.4) is 0 Å². The Bertz CT molecular complexity index is 600. The molecule has 0 saturated heterocycles. The maximum absolute atomic E-state index is 12.8. The zero-order chi connectivity index (χ0) is 15.4. The average Bonchev–Trinajstić information content (AvgIpc) is 2.74. The van der Waals surface area contributed by atoms with Crippen molar-refractivity contribution in [1.29, 1.82) is 0 Å². The highest BCUT2D eigenvalue weighted by Gasteiger charge is 2.16. The number of nitrogens with zero attached hydrogens (tertiary/aromatic N) is 2. The lowest BCUT2D eigenvalue weighted by Crippen LogP contribution is -2.16. The highest BCUT2D eigenvalue weighted by atomic mass is 79.9. The zero-order valence-corrected chi connectivity index (χ0v) is 14.4. The van der Waals surface area contributed by atoms with Gasteiger partial charge in [0.05, 0.1) is 22.0 Å². The van der Waals surface area contributed by atoms with Crippen LogP contribution < -0.4 is 0 Å². The van der Waals surface area contributed by atoms with Crippen molar-refractivity contribution in [2.75, 3.05) is 5.75 Å².